The lowest BCUT2D eigenvalue weighted by molar-refractivity contribution is 0.325. The van der Waals surface area contributed by atoms with Crippen LogP contribution in [-0.4, -0.2) is 45.5 Å². The van der Waals surface area contributed by atoms with Crippen molar-refractivity contribution in [1.82, 2.24) is 25.2 Å². The predicted octanol–water partition coefficient (Wildman–Crippen LogP) is 3.18. The first-order chi connectivity index (χ1) is 12.2. The quantitative estimate of drug-likeness (QED) is 0.881. The first kappa shape index (κ1) is 16.1. The van der Waals surface area contributed by atoms with Gasteiger partial charge in [-0.05, 0) is 44.1 Å². The molecule has 4 rings (SSSR count). The molecule has 1 atom stereocenters. The Bertz CT molecular complexity index is 883. The van der Waals surface area contributed by atoms with Gasteiger partial charge in [-0.15, -0.1) is 0 Å². The number of nitrogens with zero attached hydrogens (tertiary/aromatic N) is 3. The zero-order chi connectivity index (χ0) is 17.4. The highest BCUT2D eigenvalue weighted by atomic mass is 15.1. The summed E-state index contributed by atoms with van der Waals surface area (Å²) in [6.45, 7) is 9.67. The van der Waals surface area contributed by atoms with Gasteiger partial charge in [-0.25, -0.2) is 9.97 Å². The van der Waals surface area contributed by atoms with Crippen LogP contribution in [0.5, 0.6) is 0 Å². The van der Waals surface area contributed by atoms with Crippen molar-refractivity contribution < 1.29 is 0 Å². The molecule has 2 aromatic heterocycles. The third kappa shape index (κ3) is 3.00. The highest BCUT2D eigenvalue weighted by Gasteiger charge is 2.26. The van der Waals surface area contributed by atoms with Crippen LogP contribution in [0.15, 0.2) is 41.6 Å². The van der Waals surface area contributed by atoms with Gasteiger partial charge < -0.3 is 10.3 Å². The van der Waals surface area contributed by atoms with Crippen LogP contribution in [0.2, 0.25) is 0 Å². The van der Waals surface area contributed by atoms with E-state index in [1.54, 1.807) is 0 Å². The van der Waals surface area contributed by atoms with Crippen molar-refractivity contribution in [2.24, 2.45) is 0 Å². The summed E-state index contributed by atoms with van der Waals surface area (Å²) in [4.78, 5) is 14.6. The SMILES string of the molecule is CCN(CC)CC1=CC=C2C=C(c3ccnc4nc(C)[nH]c34)NC2C1. The lowest BCUT2D eigenvalue weighted by Gasteiger charge is -2.25. The molecule has 2 aromatic rings. The molecule has 130 valence electrons. The Kier molecular flexibility index (Phi) is 4.17. The molecule has 2 N–H and O–H groups in total. The molecular weight excluding hydrogens is 310 g/mol. The number of hydrogen-bond donors (Lipinski definition) is 2. The van der Waals surface area contributed by atoms with E-state index in [1.165, 1.54) is 11.1 Å². The van der Waals surface area contributed by atoms with Crippen LogP contribution in [0.1, 0.15) is 31.7 Å². The van der Waals surface area contributed by atoms with Gasteiger partial charge >= 0.3 is 0 Å². The Labute approximate surface area is 148 Å². The van der Waals surface area contributed by atoms with Gasteiger partial charge in [0.25, 0.3) is 0 Å². The van der Waals surface area contributed by atoms with Crippen molar-refractivity contribution in [2.45, 2.75) is 33.2 Å². The maximum absolute atomic E-state index is 4.45. The number of aromatic nitrogens is 3. The molecule has 1 aliphatic carbocycles. The molecule has 0 aromatic carbocycles. The number of allylic oxidation sites excluding steroid dienone is 2. The molecule has 0 fully saturated rings. The first-order valence-electron chi connectivity index (χ1n) is 9.09. The number of imidazole rings is 1. The third-order valence-electron chi connectivity index (χ3n) is 5.14. The number of fused-ring (bicyclic) bond motifs is 2. The van der Waals surface area contributed by atoms with Crippen molar-refractivity contribution in [3.63, 3.8) is 0 Å². The van der Waals surface area contributed by atoms with E-state index < -0.39 is 0 Å². The van der Waals surface area contributed by atoms with Crippen LogP contribution in [0.25, 0.3) is 16.9 Å². The fourth-order valence-corrected chi connectivity index (χ4v) is 3.72. The molecule has 0 amide bonds. The minimum absolute atomic E-state index is 0.373. The smallest absolute Gasteiger partial charge is 0.178 e. The maximum Gasteiger partial charge on any atom is 0.178 e. The average molecular weight is 335 g/mol. The van der Waals surface area contributed by atoms with E-state index in [9.17, 15) is 0 Å². The van der Waals surface area contributed by atoms with Crippen molar-refractivity contribution in [2.75, 3.05) is 19.6 Å². The number of hydrogen-bond acceptors (Lipinski definition) is 4. The van der Waals surface area contributed by atoms with E-state index in [0.29, 0.717) is 6.04 Å². The van der Waals surface area contributed by atoms with E-state index in [2.05, 4.69) is 63.3 Å². The minimum Gasteiger partial charge on any atom is -0.377 e. The monoisotopic (exact) mass is 335 g/mol. The van der Waals surface area contributed by atoms with Crippen LogP contribution >= 0.6 is 0 Å². The number of likely N-dealkylation sites (N-methyl/N-ethyl adjacent to an activating group) is 1. The fraction of sp³-hybridized carbons (Fsp3) is 0.400. The molecule has 0 saturated carbocycles. The zero-order valence-corrected chi connectivity index (χ0v) is 15.1. The zero-order valence-electron chi connectivity index (χ0n) is 15.1. The molecule has 5 nitrogen and oxygen atoms in total. The molecule has 5 heteroatoms. The van der Waals surface area contributed by atoms with E-state index in [4.69, 9.17) is 0 Å². The molecule has 0 radical (unpaired) electrons. The Morgan fingerprint density at radius 2 is 2.08 bits per heavy atom. The summed E-state index contributed by atoms with van der Waals surface area (Å²) in [7, 11) is 0. The van der Waals surface area contributed by atoms with Gasteiger partial charge in [0.15, 0.2) is 5.65 Å². The summed E-state index contributed by atoms with van der Waals surface area (Å²) in [5.74, 6) is 0.897. The number of nitrogens with one attached hydrogen (secondary N) is 2. The van der Waals surface area contributed by atoms with Crippen LogP contribution < -0.4 is 5.32 Å². The van der Waals surface area contributed by atoms with Gasteiger partial charge in [0.05, 0.1) is 11.6 Å². The lowest BCUT2D eigenvalue weighted by atomic mass is 9.94. The van der Waals surface area contributed by atoms with Crippen LogP contribution in [0.3, 0.4) is 0 Å². The summed E-state index contributed by atoms with van der Waals surface area (Å²) in [6.07, 6.45) is 9.73. The Morgan fingerprint density at radius 1 is 1.24 bits per heavy atom. The average Bonchev–Trinajstić information content (AvgIpc) is 3.20. The van der Waals surface area contributed by atoms with Crippen LogP contribution in [0, 0.1) is 6.92 Å². The standard InChI is InChI=1S/C20H25N5/c1-4-25(5-2)12-14-6-7-15-11-18(24-17(15)10-14)16-8-9-21-20-19(16)22-13(3)23-20/h6-9,11,17,24H,4-5,10,12H2,1-3H3,(H,21,22,23). The summed E-state index contributed by atoms with van der Waals surface area (Å²) < 4.78 is 0. The van der Waals surface area contributed by atoms with Crippen molar-refractivity contribution in [1.29, 1.82) is 0 Å². The van der Waals surface area contributed by atoms with Gasteiger partial charge in [-0.1, -0.05) is 31.6 Å². The second kappa shape index (κ2) is 6.48. The second-order valence-corrected chi connectivity index (χ2v) is 6.79. The molecule has 3 heterocycles. The number of aryl methyl sites for hydroxylation is 1. The number of aromatic amines is 1. The van der Waals surface area contributed by atoms with Gasteiger partial charge in [-0.3, -0.25) is 4.90 Å². The predicted molar refractivity (Wildman–Crippen MR) is 102 cm³/mol. The summed E-state index contributed by atoms with van der Waals surface area (Å²) in [5.41, 5.74) is 6.95. The van der Waals surface area contributed by atoms with E-state index >= 15 is 0 Å². The number of pyridine rings is 1. The molecule has 2 aliphatic rings. The van der Waals surface area contributed by atoms with Crippen molar-refractivity contribution in [3.8, 4) is 0 Å². The number of rotatable bonds is 5. The van der Waals surface area contributed by atoms with Gasteiger partial charge in [0.2, 0.25) is 0 Å². The normalized spacial score (nSPS) is 19.5. The molecule has 0 bridgehead atoms. The molecule has 0 saturated heterocycles. The maximum atomic E-state index is 4.45. The first-order valence-corrected chi connectivity index (χ1v) is 9.09. The summed E-state index contributed by atoms with van der Waals surface area (Å²) in [6, 6.07) is 2.43. The largest absolute Gasteiger partial charge is 0.377 e. The van der Waals surface area contributed by atoms with Crippen molar-refractivity contribution in [3.05, 3.63) is 53.0 Å². The lowest BCUT2D eigenvalue weighted by Crippen LogP contribution is -2.31. The van der Waals surface area contributed by atoms with E-state index in [0.717, 1.165) is 54.3 Å². The number of H-pyrrole nitrogens is 1. The van der Waals surface area contributed by atoms with Gasteiger partial charge in [0.1, 0.15) is 5.82 Å². The Hall–Kier alpha value is -2.40. The molecule has 25 heavy (non-hydrogen) atoms. The topological polar surface area (TPSA) is 56.8 Å². The second-order valence-electron chi connectivity index (χ2n) is 6.79. The third-order valence-corrected chi connectivity index (χ3v) is 5.14. The summed E-state index contributed by atoms with van der Waals surface area (Å²) >= 11 is 0. The van der Waals surface area contributed by atoms with Crippen molar-refractivity contribution >= 4 is 16.9 Å². The van der Waals surface area contributed by atoms with Gasteiger partial charge in [-0.2, -0.15) is 0 Å². The highest BCUT2D eigenvalue weighted by Crippen LogP contribution is 2.32. The van der Waals surface area contributed by atoms with E-state index in [1.807, 2.05) is 13.1 Å². The minimum atomic E-state index is 0.373. The highest BCUT2D eigenvalue weighted by molar-refractivity contribution is 5.88. The van der Waals surface area contributed by atoms with Crippen LogP contribution in [-0.2, 0) is 0 Å². The molecule has 1 unspecified atom stereocenters. The van der Waals surface area contributed by atoms with Gasteiger partial charge in [0, 0.05) is 24.0 Å². The molecular formula is C20H25N5. The Balaban J connectivity index is 1.59. The Morgan fingerprint density at radius 3 is 2.88 bits per heavy atom. The fourth-order valence-electron chi connectivity index (χ4n) is 3.72. The molecule has 0 spiro atoms. The molecule has 1 aliphatic heterocycles. The summed E-state index contributed by atoms with van der Waals surface area (Å²) in [5, 5.41) is 3.71. The van der Waals surface area contributed by atoms with E-state index in [-0.39, 0.29) is 0 Å². The van der Waals surface area contributed by atoms with Crippen LogP contribution in [0.4, 0.5) is 0 Å².